The van der Waals surface area contributed by atoms with Crippen LogP contribution in [0.15, 0.2) is 22.6 Å². The van der Waals surface area contributed by atoms with Crippen molar-refractivity contribution in [2.45, 2.75) is 25.6 Å². The normalized spacial score (nSPS) is 20.4. The third kappa shape index (κ3) is 3.71. The molecule has 134 valence electrons. The molecule has 0 radical (unpaired) electrons. The lowest BCUT2D eigenvalue weighted by atomic mass is 10.0. The van der Waals surface area contributed by atoms with Gasteiger partial charge < -0.3 is 23.9 Å². The summed E-state index contributed by atoms with van der Waals surface area (Å²) in [5.74, 6) is -0.112. The van der Waals surface area contributed by atoms with Gasteiger partial charge in [-0.1, -0.05) is 0 Å². The summed E-state index contributed by atoms with van der Waals surface area (Å²) in [5, 5.41) is 17.6. The molecule has 1 aromatic carbocycles. The van der Waals surface area contributed by atoms with E-state index < -0.39 is 23.9 Å². The van der Waals surface area contributed by atoms with Crippen LogP contribution in [0.4, 0.5) is 4.39 Å². The molecule has 0 saturated carbocycles. The molecule has 1 amide bonds. The van der Waals surface area contributed by atoms with Crippen LogP contribution in [0.5, 0.6) is 11.5 Å². The molecule has 9 heteroatoms. The number of carbonyl (C=O) groups excluding carboxylic acids is 1. The molecule has 1 aliphatic heterocycles. The molecular formula is C16H18FN3O5. The maximum Gasteiger partial charge on any atom is 0.311 e. The number of hydrogen-bond acceptors (Lipinski definition) is 7. The van der Waals surface area contributed by atoms with Gasteiger partial charge in [0.1, 0.15) is 18.0 Å². The van der Waals surface area contributed by atoms with Crippen LogP contribution >= 0.6 is 0 Å². The topological polar surface area (TPSA) is 97.9 Å². The summed E-state index contributed by atoms with van der Waals surface area (Å²) >= 11 is 0. The van der Waals surface area contributed by atoms with Crippen molar-refractivity contribution < 1.29 is 28.2 Å². The van der Waals surface area contributed by atoms with Gasteiger partial charge in [-0.15, -0.1) is 10.2 Å². The molecule has 0 unspecified atom stereocenters. The lowest BCUT2D eigenvalue weighted by Gasteiger charge is -2.35. The number of carbonyl (C=O) groups is 1. The second kappa shape index (κ2) is 7.06. The molecule has 3 rings (SSSR count). The number of halogens is 1. The molecule has 0 aliphatic carbocycles. The Labute approximate surface area is 143 Å². The number of rotatable bonds is 4. The number of aliphatic hydroxyl groups is 1. The van der Waals surface area contributed by atoms with E-state index in [1.54, 1.807) is 6.92 Å². The number of aryl methyl sites for hydroxylation is 1. The number of benzene rings is 1. The largest absolute Gasteiger partial charge is 0.493 e. The number of β-amino-alcohol motifs (C(OH)–C–C–N with tert-alkyl or cyclic N) is 1. The van der Waals surface area contributed by atoms with Gasteiger partial charge in [0.25, 0.3) is 0 Å². The minimum Gasteiger partial charge on any atom is -0.493 e. The number of nitrogens with zero attached hydrogens (tertiary/aromatic N) is 3. The molecule has 1 saturated heterocycles. The second-order valence-electron chi connectivity index (χ2n) is 5.68. The Hall–Kier alpha value is -2.68. The summed E-state index contributed by atoms with van der Waals surface area (Å²) in [7, 11) is 1.41. The Morgan fingerprint density at radius 1 is 1.40 bits per heavy atom. The summed E-state index contributed by atoms with van der Waals surface area (Å²) in [6.07, 6.45) is -1.08. The van der Waals surface area contributed by atoms with Gasteiger partial charge in [-0.25, -0.2) is 4.39 Å². The molecule has 1 aliphatic rings. The lowest BCUT2D eigenvalue weighted by Crippen LogP contribution is -2.51. The first-order chi connectivity index (χ1) is 12.0. The van der Waals surface area contributed by atoms with Gasteiger partial charge in [0.2, 0.25) is 5.89 Å². The predicted octanol–water partition coefficient (Wildman–Crippen LogP) is 1.18. The molecule has 2 heterocycles. The van der Waals surface area contributed by atoms with Crippen molar-refractivity contribution >= 4 is 5.91 Å². The molecule has 1 fully saturated rings. The number of piperidine rings is 1. The molecule has 25 heavy (non-hydrogen) atoms. The SMILES string of the molecule is COc1cc(F)ccc1O[C@@H]1CCN(C(=O)c2nnc(C)o2)C[C@H]1O. The number of likely N-dealkylation sites (tertiary alicyclic amines) is 1. The van der Waals surface area contributed by atoms with Gasteiger partial charge in [-0.2, -0.15) is 0 Å². The van der Waals surface area contributed by atoms with E-state index >= 15 is 0 Å². The van der Waals surface area contributed by atoms with Crippen molar-refractivity contribution in [1.82, 2.24) is 15.1 Å². The summed E-state index contributed by atoms with van der Waals surface area (Å²) in [5.41, 5.74) is 0. The lowest BCUT2D eigenvalue weighted by molar-refractivity contribution is -0.0217. The van der Waals surface area contributed by atoms with Crippen LogP contribution in [0, 0.1) is 12.7 Å². The van der Waals surface area contributed by atoms with Gasteiger partial charge in [-0.3, -0.25) is 4.79 Å². The summed E-state index contributed by atoms with van der Waals surface area (Å²) < 4.78 is 29.2. The van der Waals surface area contributed by atoms with E-state index in [9.17, 15) is 14.3 Å². The first-order valence-corrected chi connectivity index (χ1v) is 7.75. The third-order valence-electron chi connectivity index (χ3n) is 3.92. The van der Waals surface area contributed by atoms with E-state index in [0.717, 1.165) is 0 Å². The van der Waals surface area contributed by atoms with Crippen molar-refractivity contribution in [3.8, 4) is 11.5 Å². The van der Waals surface area contributed by atoms with Crippen LogP contribution in [-0.2, 0) is 0 Å². The van der Waals surface area contributed by atoms with Crippen LogP contribution < -0.4 is 9.47 Å². The Bertz CT molecular complexity index is 766. The van der Waals surface area contributed by atoms with E-state index in [4.69, 9.17) is 13.9 Å². The van der Waals surface area contributed by atoms with E-state index in [-0.39, 0.29) is 18.2 Å². The Morgan fingerprint density at radius 2 is 2.20 bits per heavy atom. The number of aliphatic hydroxyl groups excluding tert-OH is 1. The van der Waals surface area contributed by atoms with E-state index in [1.807, 2.05) is 0 Å². The molecule has 2 atom stereocenters. The fourth-order valence-corrected chi connectivity index (χ4v) is 2.65. The minimum absolute atomic E-state index is 0.0639. The average Bonchev–Trinajstić information content (AvgIpc) is 3.03. The number of amides is 1. The van der Waals surface area contributed by atoms with E-state index in [1.165, 1.54) is 30.2 Å². The summed E-state index contributed by atoms with van der Waals surface area (Å²) in [6.45, 7) is 2.01. The van der Waals surface area contributed by atoms with Gasteiger partial charge >= 0.3 is 11.8 Å². The number of ether oxygens (including phenoxy) is 2. The van der Waals surface area contributed by atoms with Crippen molar-refractivity contribution in [2.75, 3.05) is 20.2 Å². The van der Waals surface area contributed by atoms with Crippen molar-refractivity contribution in [3.63, 3.8) is 0 Å². The highest BCUT2D eigenvalue weighted by atomic mass is 19.1. The van der Waals surface area contributed by atoms with Crippen LogP contribution in [0.2, 0.25) is 0 Å². The highest BCUT2D eigenvalue weighted by Gasteiger charge is 2.34. The number of aromatic nitrogens is 2. The molecule has 8 nitrogen and oxygen atoms in total. The maximum atomic E-state index is 13.2. The Morgan fingerprint density at radius 3 is 2.84 bits per heavy atom. The zero-order valence-electron chi connectivity index (χ0n) is 13.8. The fraction of sp³-hybridized carbons (Fsp3) is 0.438. The standard InChI is InChI=1S/C16H18FN3O5/c1-9-18-19-15(24-9)16(22)20-6-5-12(11(21)8-20)25-13-4-3-10(17)7-14(13)23-2/h3-4,7,11-12,21H,5-6,8H2,1-2H3/t11-,12-/m1/s1. The minimum atomic E-state index is -0.920. The number of methoxy groups -OCH3 is 1. The quantitative estimate of drug-likeness (QED) is 0.883. The van der Waals surface area contributed by atoms with E-state index in [2.05, 4.69) is 10.2 Å². The van der Waals surface area contributed by atoms with Gasteiger partial charge in [0, 0.05) is 26.0 Å². The smallest absolute Gasteiger partial charge is 0.311 e. The van der Waals surface area contributed by atoms with Gasteiger partial charge in [0.15, 0.2) is 11.5 Å². The van der Waals surface area contributed by atoms with Crippen molar-refractivity contribution in [2.24, 2.45) is 0 Å². The Kier molecular flexibility index (Phi) is 4.84. The van der Waals surface area contributed by atoms with Crippen molar-refractivity contribution in [3.05, 3.63) is 35.8 Å². The maximum absolute atomic E-state index is 13.2. The van der Waals surface area contributed by atoms with Gasteiger partial charge in [-0.05, 0) is 12.1 Å². The van der Waals surface area contributed by atoms with Crippen LogP contribution in [-0.4, -0.2) is 58.5 Å². The zero-order valence-corrected chi connectivity index (χ0v) is 13.8. The summed E-state index contributed by atoms with van der Waals surface area (Å²) in [4.78, 5) is 13.7. The first-order valence-electron chi connectivity index (χ1n) is 7.75. The molecule has 0 spiro atoms. The fourth-order valence-electron chi connectivity index (χ4n) is 2.65. The second-order valence-corrected chi connectivity index (χ2v) is 5.68. The van der Waals surface area contributed by atoms with E-state index in [0.29, 0.717) is 24.6 Å². The van der Waals surface area contributed by atoms with Crippen LogP contribution in [0.25, 0.3) is 0 Å². The van der Waals surface area contributed by atoms with Gasteiger partial charge in [0.05, 0.1) is 13.7 Å². The Balaban J connectivity index is 1.65. The van der Waals surface area contributed by atoms with Crippen LogP contribution in [0.1, 0.15) is 23.0 Å². The molecular weight excluding hydrogens is 333 g/mol. The summed E-state index contributed by atoms with van der Waals surface area (Å²) in [6, 6.07) is 3.90. The zero-order chi connectivity index (χ0) is 18.0. The monoisotopic (exact) mass is 351 g/mol. The molecule has 1 aromatic heterocycles. The highest BCUT2D eigenvalue weighted by molar-refractivity contribution is 5.89. The highest BCUT2D eigenvalue weighted by Crippen LogP contribution is 2.30. The van der Waals surface area contributed by atoms with Crippen molar-refractivity contribution in [1.29, 1.82) is 0 Å². The molecule has 1 N–H and O–H groups in total. The third-order valence-corrected chi connectivity index (χ3v) is 3.92. The molecule has 2 aromatic rings. The average molecular weight is 351 g/mol. The number of hydrogen-bond donors (Lipinski definition) is 1. The van der Waals surface area contributed by atoms with Crippen LogP contribution in [0.3, 0.4) is 0 Å². The predicted molar refractivity (Wildman–Crippen MR) is 82.9 cm³/mol. The first kappa shape index (κ1) is 17.2. The molecule has 0 bridgehead atoms.